The van der Waals surface area contributed by atoms with E-state index in [1.165, 1.54) is 24.9 Å². The van der Waals surface area contributed by atoms with Crippen LogP contribution >= 0.6 is 22.9 Å². The van der Waals surface area contributed by atoms with Crippen molar-refractivity contribution in [3.63, 3.8) is 0 Å². The Bertz CT molecular complexity index is 809. The number of ether oxygens (including phenoxy) is 1. The largest absolute Gasteiger partial charge is 0.465 e. The second kappa shape index (κ2) is 13.4. The van der Waals surface area contributed by atoms with Crippen molar-refractivity contribution in [2.24, 2.45) is 23.2 Å². The molecule has 5 N–H and O–H groups in total. The van der Waals surface area contributed by atoms with Crippen molar-refractivity contribution in [2.75, 3.05) is 32.1 Å². The van der Waals surface area contributed by atoms with Gasteiger partial charge in [-0.25, -0.2) is 9.78 Å². The number of anilines is 1. The third kappa shape index (κ3) is 8.07. The van der Waals surface area contributed by atoms with Crippen molar-refractivity contribution < 1.29 is 20.5 Å². The molecule has 0 bridgehead atoms. The molecular weight excluding hydrogens is 462 g/mol. The molecule has 190 valence electrons. The minimum absolute atomic E-state index is 0. The summed E-state index contributed by atoms with van der Waals surface area (Å²) >= 11 is 7.48. The highest BCUT2D eigenvalue weighted by Gasteiger charge is 2.40. The molecule has 0 spiro atoms. The van der Waals surface area contributed by atoms with Gasteiger partial charge in [0.2, 0.25) is 0 Å². The van der Waals surface area contributed by atoms with Crippen molar-refractivity contribution >= 4 is 34.0 Å². The molecule has 1 fully saturated rings. The highest BCUT2D eigenvalue weighted by atomic mass is 35.5. The van der Waals surface area contributed by atoms with Gasteiger partial charge in [-0.2, -0.15) is 0 Å². The van der Waals surface area contributed by atoms with E-state index in [1.54, 1.807) is 6.20 Å². The maximum atomic E-state index is 11.7. The minimum atomic E-state index is -0.335. The van der Waals surface area contributed by atoms with Gasteiger partial charge in [0.25, 0.3) is 0 Å². The summed E-state index contributed by atoms with van der Waals surface area (Å²) in [7, 11) is 1.39. The number of carbonyl (C=O) groups is 1. The van der Waals surface area contributed by atoms with Crippen LogP contribution in [0.3, 0.4) is 0 Å². The number of carbonyl (C=O) groups excluding carboxylic acids is 1. The number of thiazole rings is 1. The van der Waals surface area contributed by atoms with Crippen molar-refractivity contribution in [3.8, 4) is 0 Å². The van der Waals surface area contributed by atoms with Gasteiger partial charge in [0.1, 0.15) is 4.88 Å². The van der Waals surface area contributed by atoms with Crippen LogP contribution in [0.15, 0.2) is 29.5 Å². The van der Waals surface area contributed by atoms with Crippen molar-refractivity contribution in [1.82, 2.24) is 9.88 Å². The first-order valence-corrected chi connectivity index (χ1v) is 12.0. The quantitative estimate of drug-likeness (QED) is 0.553. The van der Waals surface area contributed by atoms with Crippen LogP contribution in [0.5, 0.6) is 0 Å². The molecule has 0 aromatic carbocycles. The Morgan fingerprint density at radius 2 is 2.09 bits per heavy atom. The molecule has 9 heteroatoms. The van der Waals surface area contributed by atoms with Gasteiger partial charge >= 0.3 is 5.97 Å². The number of piperidine rings is 1. The lowest BCUT2D eigenvalue weighted by atomic mass is 9.66. The summed E-state index contributed by atoms with van der Waals surface area (Å²) in [6, 6.07) is 0.269. The Balaban J connectivity index is 0.00000341. The number of methoxy groups -OCH3 is 1. The Morgan fingerprint density at radius 3 is 2.64 bits per heavy atom. The third-order valence-electron chi connectivity index (χ3n) is 6.46. The molecule has 1 saturated heterocycles. The van der Waals surface area contributed by atoms with Crippen molar-refractivity contribution in [2.45, 2.75) is 54.0 Å². The number of hydrogen-bond donors (Lipinski definition) is 1. The molecule has 7 nitrogen and oxygen atoms in total. The van der Waals surface area contributed by atoms with E-state index in [9.17, 15) is 4.79 Å². The topological polar surface area (TPSA) is 117 Å². The van der Waals surface area contributed by atoms with Gasteiger partial charge in [-0.3, -0.25) is 0 Å². The number of aromatic nitrogens is 1. The van der Waals surface area contributed by atoms with E-state index in [2.05, 4.69) is 61.1 Å². The highest BCUT2D eigenvalue weighted by Crippen LogP contribution is 2.43. The summed E-state index contributed by atoms with van der Waals surface area (Å²) in [4.78, 5) is 19.2. The van der Waals surface area contributed by atoms with Crippen LogP contribution in [0, 0.1) is 23.2 Å². The Kier molecular flexibility index (Phi) is 12.9. The van der Waals surface area contributed by atoms with Gasteiger partial charge in [-0.1, -0.05) is 70.2 Å². The Labute approximate surface area is 207 Å². The van der Waals surface area contributed by atoms with Crippen LogP contribution in [0.1, 0.15) is 57.6 Å². The normalized spacial score (nSPS) is 22.8. The predicted octanol–water partition coefficient (Wildman–Crippen LogP) is 4.40. The summed E-state index contributed by atoms with van der Waals surface area (Å²) in [6.07, 6.45) is 10.4. The summed E-state index contributed by atoms with van der Waals surface area (Å²) in [5, 5.41) is 5.20. The lowest BCUT2D eigenvalue weighted by Gasteiger charge is -2.48. The first-order chi connectivity index (χ1) is 14.2. The summed E-state index contributed by atoms with van der Waals surface area (Å²) in [5.74, 6) is 1.36. The highest BCUT2D eigenvalue weighted by molar-refractivity contribution is 7.17. The number of esters is 1. The van der Waals surface area contributed by atoms with Crippen molar-refractivity contribution in [3.05, 3.63) is 34.3 Å². The smallest absolute Gasteiger partial charge is 0.349 e. The predicted molar refractivity (Wildman–Crippen MR) is 139 cm³/mol. The first-order valence-electron chi connectivity index (χ1n) is 10.8. The van der Waals surface area contributed by atoms with E-state index < -0.39 is 0 Å². The Hall–Kier alpha value is -1.45. The van der Waals surface area contributed by atoms with Gasteiger partial charge in [0.05, 0.1) is 13.3 Å². The molecule has 1 aromatic rings. The number of halogens is 1. The molecule has 1 aromatic heterocycles. The zero-order chi connectivity index (χ0) is 21.9. The SMILES string of the molecule is C.COC(=O)c1cnc(N[C@@H](CN2CCC(C3C=CC(Cl)=CC3)C(C)(C)C2)C(C)C)s1.O.O. The maximum absolute atomic E-state index is 11.7. The van der Waals surface area contributed by atoms with Gasteiger partial charge in [0.15, 0.2) is 5.13 Å². The van der Waals surface area contributed by atoms with Crippen molar-refractivity contribution in [1.29, 1.82) is 0 Å². The number of rotatable bonds is 7. The van der Waals surface area contributed by atoms with Gasteiger partial charge in [-0.15, -0.1) is 0 Å². The average Bonchev–Trinajstić information content (AvgIpc) is 3.16. The first kappa shape index (κ1) is 31.6. The molecule has 1 aliphatic heterocycles. The molecule has 33 heavy (non-hydrogen) atoms. The monoisotopic (exact) mass is 503 g/mol. The molecule has 3 atom stereocenters. The van der Waals surface area contributed by atoms with Gasteiger partial charge in [0, 0.05) is 24.2 Å². The van der Waals surface area contributed by atoms with Crippen LogP contribution in [0.2, 0.25) is 0 Å². The zero-order valence-electron chi connectivity index (χ0n) is 19.7. The number of nitrogens with zero attached hydrogens (tertiary/aromatic N) is 2. The molecule has 2 aliphatic rings. The molecule has 2 unspecified atom stereocenters. The molecule has 0 radical (unpaired) electrons. The molecule has 0 saturated carbocycles. The number of likely N-dealkylation sites (tertiary alicyclic amines) is 1. The van der Waals surface area contributed by atoms with E-state index in [0.29, 0.717) is 22.6 Å². The summed E-state index contributed by atoms with van der Waals surface area (Å²) in [5.41, 5.74) is 0.242. The third-order valence-corrected chi connectivity index (χ3v) is 7.65. The fourth-order valence-electron chi connectivity index (χ4n) is 4.74. The summed E-state index contributed by atoms with van der Waals surface area (Å²) in [6.45, 7) is 12.4. The average molecular weight is 504 g/mol. The second-order valence-corrected chi connectivity index (χ2v) is 10.9. The summed E-state index contributed by atoms with van der Waals surface area (Å²) < 4.78 is 4.79. The number of allylic oxidation sites excluding steroid dienone is 4. The van der Waals surface area contributed by atoms with E-state index >= 15 is 0 Å². The minimum Gasteiger partial charge on any atom is -0.465 e. The molecule has 1 aliphatic carbocycles. The van der Waals surface area contributed by atoms with E-state index in [-0.39, 0.29) is 35.8 Å². The van der Waals surface area contributed by atoms with Crippen LogP contribution in [-0.2, 0) is 4.74 Å². The van der Waals surface area contributed by atoms with E-state index in [0.717, 1.165) is 36.2 Å². The van der Waals surface area contributed by atoms with Gasteiger partial charge < -0.3 is 25.9 Å². The zero-order valence-corrected chi connectivity index (χ0v) is 21.2. The van der Waals surface area contributed by atoms with E-state index in [4.69, 9.17) is 16.3 Å². The number of nitrogens with one attached hydrogen (secondary N) is 1. The number of hydrogen-bond acceptors (Lipinski definition) is 6. The lowest BCUT2D eigenvalue weighted by Crippen LogP contribution is -2.51. The van der Waals surface area contributed by atoms with Crippen LogP contribution in [0.4, 0.5) is 5.13 Å². The Morgan fingerprint density at radius 1 is 1.39 bits per heavy atom. The standard InChI is InChI=1S/C23H34ClN3O2S.CH4.2H2O/c1-15(2)19(26-22-25-12-20(30-22)21(28)29-5)13-27-11-10-18(23(3,4)14-27)16-6-8-17(24)9-7-16;;;/h6,8-9,12,15-16,18-19H,7,10-11,13-14H2,1-5H3,(H,25,26);1H4;2*1H2/t16?,18?,19-;;;/m0.../s1. The molecule has 3 rings (SSSR count). The second-order valence-electron chi connectivity index (χ2n) is 9.48. The molecule has 0 amide bonds. The fourth-order valence-corrected chi connectivity index (χ4v) is 5.70. The van der Waals surface area contributed by atoms with Gasteiger partial charge in [-0.05, 0) is 48.6 Å². The fraction of sp³-hybridized carbons (Fsp3) is 0.667. The maximum Gasteiger partial charge on any atom is 0.349 e. The lowest BCUT2D eigenvalue weighted by molar-refractivity contribution is 0.0288. The van der Waals surface area contributed by atoms with E-state index in [1.807, 2.05) is 0 Å². The van der Waals surface area contributed by atoms with Crippen LogP contribution < -0.4 is 5.32 Å². The molecule has 2 heterocycles. The molecular formula is C24H42ClN3O4S. The van der Waals surface area contributed by atoms with Crippen LogP contribution in [0.25, 0.3) is 0 Å². The van der Waals surface area contributed by atoms with Crippen LogP contribution in [-0.4, -0.2) is 59.6 Å².